The molecule has 0 N–H and O–H groups in total. The van der Waals surface area contributed by atoms with Crippen molar-refractivity contribution in [3.05, 3.63) is 29.6 Å². The Morgan fingerprint density at radius 3 is 2.27 bits per heavy atom. The number of aryl methyl sites for hydroxylation is 1. The van der Waals surface area contributed by atoms with Crippen LogP contribution in [0, 0.1) is 18.7 Å². The van der Waals surface area contributed by atoms with Crippen molar-refractivity contribution in [2.45, 2.75) is 24.7 Å². The third-order valence-corrected chi connectivity index (χ3v) is 7.43. The molecule has 0 unspecified atom stereocenters. The van der Waals surface area contributed by atoms with E-state index in [2.05, 4.69) is 4.90 Å². The number of hydrogen-bond acceptors (Lipinski definition) is 4. The predicted molar refractivity (Wildman–Crippen MR) is 96.7 cm³/mol. The summed E-state index contributed by atoms with van der Waals surface area (Å²) in [6.45, 7) is 5.48. The molecule has 0 radical (unpaired) electrons. The lowest BCUT2D eigenvalue weighted by molar-refractivity contribution is -0.138. The maximum Gasteiger partial charge on any atom is 0.243 e. The van der Waals surface area contributed by atoms with Crippen LogP contribution in [0.15, 0.2) is 23.1 Å². The Kier molecular flexibility index (Phi) is 5.64. The van der Waals surface area contributed by atoms with E-state index in [0.29, 0.717) is 31.5 Å². The minimum Gasteiger partial charge on any atom is -0.340 e. The number of benzene rings is 1. The van der Waals surface area contributed by atoms with Crippen LogP contribution in [-0.2, 0) is 14.8 Å². The van der Waals surface area contributed by atoms with Crippen molar-refractivity contribution in [3.8, 4) is 0 Å². The number of carbonyl (C=O) groups excluding carboxylic acids is 1. The number of nitrogens with zero attached hydrogens (tertiary/aromatic N) is 3. The average molecular weight is 383 g/mol. The Bertz CT molecular complexity index is 768. The number of sulfonamides is 1. The van der Waals surface area contributed by atoms with Gasteiger partial charge in [-0.25, -0.2) is 12.8 Å². The lowest BCUT2D eigenvalue weighted by Gasteiger charge is -2.37. The number of piperazine rings is 1. The second kappa shape index (κ2) is 7.62. The predicted octanol–water partition coefficient (Wildman–Crippen LogP) is 1.31. The third kappa shape index (κ3) is 3.92. The van der Waals surface area contributed by atoms with Crippen molar-refractivity contribution in [1.29, 1.82) is 0 Å². The fraction of sp³-hybridized carbons (Fsp3) is 0.611. The zero-order valence-electron chi connectivity index (χ0n) is 15.3. The van der Waals surface area contributed by atoms with E-state index in [0.717, 1.165) is 26.2 Å². The first-order chi connectivity index (χ1) is 12.3. The number of likely N-dealkylation sites (N-methyl/N-ethyl adjacent to an activating group) is 1. The molecule has 26 heavy (non-hydrogen) atoms. The molecule has 2 heterocycles. The van der Waals surface area contributed by atoms with E-state index in [1.807, 2.05) is 11.9 Å². The third-order valence-electron chi connectivity index (χ3n) is 5.37. The lowest BCUT2D eigenvalue weighted by Crippen LogP contribution is -2.51. The molecule has 2 fully saturated rings. The molecule has 0 bridgehead atoms. The molecule has 0 saturated carbocycles. The summed E-state index contributed by atoms with van der Waals surface area (Å²) in [7, 11) is -1.61. The van der Waals surface area contributed by atoms with Crippen LogP contribution in [0.4, 0.5) is 4.39 Å². The lowest BCUT2D eigenvalue weighted by atomic mass is 9.96. The molecule has 1 aromatic rings. The van der Waals surface area contributed by atoms with Crippen LogP contribution in [0.1, 0.15) is 18.4 Å². The van der Waals surface area contributed by atoms with Gasteiger partial charge in [0.15, 0.2) is 0 Å². The van der Waals surface area contributed by atoms with Gasteiger partial charge in [-0.1, -0.05) is 0 Å². The minimum atomic E-state index is -3.66. The van der Waals surface area contributed by atoms with E-state index in [1.165, 1.54) is 22.5 Å². The molecule has 1 amide bonds. The van der Waals surface area contributed by atoms with Gasteiger partial charge >= 0.3 is 0 Å². The van der Waals surface area contributed by atoms with E-state index >= 15 is 0 Å². The van der Waals surface area contributed by atoms with Crippen LogP contribution < -0.4 is 0 Å². The summed E-state index contributed by atoms with van der Waals surface area (Å²) in [4.78, 5) is 16.9. The van der Waals surface area contributed by atoms with Crippen molar-refractivity contribution in [1.82, 2.24) is 14.1 Å². The van der Waals surface area contributed by atoms with Gasteiger partial charge in [-0.05, 0) is 50.6 Å². The molecule has 2 aliphatic rings. The number of carbonyl (C=O) groups is 1. The topological polar surface area (TPSA) is 60.9 Å². The van der Waals surface area contributed by atoms with Crippen LogP contribution in [0.5, 0.6) is 0 Å². The van der Waals surface area contributed by atoms with Gasteiger partial charge in [0.2, 0.25) is 15.9 Å². The van der Waals surface area contributed by atoms with E-state index in [1.54, 1.807) is 6.92 Å². The molecule has 144 valence electrons. The summed E-state index contributed by atoms with van der Waals surface area (Å²) >= 11 is 0. The molecule has 0 spiro atoms. The molecule has 6 nitrogen and oxygen atoms in total. The summed E-state index contributed by atoms with van der Waals surface area (Å²) in [6.07, 6.45) is 1.06. The van der Waals surface area contributed by atoms with Gasteiger partial charge in [0.1, 0.15) is 5.82 Å². The van der Waals surface area contributed by atoms with Gasteiger partial charge in [0.05, 0.1) is 4.90 Å². The van der Waals surface area contributed by atoms with Crippen LogP contribution in [-0.4, -0.2) is 74.7 Å². The molecule has 2 saturated heterocycles. The van der Waals surface area contributed by atoms with Crippen LogP contribution in [0.3, 0.4) is 0 Å². The second-order valence-electron chi connectivity index (χ2n) is 7.22. The van der Waals surface area contributed by atoms with E-state index < -0.39 is 15.8 Å². The van der Waals surface area contributed by atoms with E-state index in [-0.39, 0.29) is 16.7 Å². The summed E-state index contributed by atoms with van der Waals surface area (Å²) in [5.41, 5.74) is 0.403. The molecular weight excluding hydrogens is 357 g/mol. The highest BCUT2D eigenvalue weighted by Gasteiger charge is 2.34. The van der Waals surface area contributed by atoms with Gasteiger partial charge in [-0.15, -0.1) is 0 Å². The second-order valence-corrected chi connectivity index (χ2v) is 9.12. The normalized spacial score (nSPS) is 21.1. The van der Waals surface area contributed by atoms with Gasteiger partial charge in [0.25, 0.3) is 0 Å². The maximum absolute atomic E-state index is 13.3. The number of amides is 1. The number of piperidine rings is 1. The number of hydrogen-bond donors (Lipinski definition) is 0. The Balaban J connectivity index is 1.63. The Morgan fingerprint density at radius 2 is 1.69 bits per heavy atom. The SMILES string of the molecule is Cc1cc(F)ccc1S(=O)(=O)N1CCC(C(=O)N2CCN(C)CC2)CC1. The van der Waals surface area contributed by atoms with Crippen molar-refractivity contribution >= 4 is 15.9 Å². The largest absolute Gasteiger partial charge is 0.340 e. The fourth-order valence-electron chi connectivity index (χ4n) is 3.67. The monoisotopic (exact) mass is 383 g/mol. The number of halogens is 1. The first-order valence-electron chi connectivity index (χ1n) is 9.02. The van der Waals surface area contributed by atoms with Crippen LogP contribution in [0.25, 0.3) is 0 Å². The summed E-state index contributed by atoms with van der Waals surface area (Å²) in [6, 6.07) is 3.72. The molecule has 0 atom stereocenters. The van der Waals surface area contributed by atoms with Crippen LogP contribution in [0.2, 0.25) is 0 Å². The first-order valence-corrected chi connectivity index (χ1v) is 10.5. The van der Waals surface area contributed by atoms with Crippen molar-refractivity contribution in [3.63, 3.8) is 0 Å². The Morgan fingerprint density at radius 1 is 1.08 bits per heavy atom. The average Bonchev–Trinajstić information content (AvgIpc) is 2.61. The number of rotatable bonds is 3. The summed E-state index contributed by atoms with van der Waals surface area (Å²) < 4.78 is 40.4. The molecule has 2 aliphatic heterocycles. The summed E-state index contributed by atoms with van der Waals surface area (Å²) in [5.74, 6) is -0.412. The van der Waals surface area contributed by atoms with Gasteiger partial charge in [-0.2, -0.15) is 4.31 Å². The van der Waals surface area contributed by atoms with Crippen molar-refractivity contribution < 1.29 is 17.6 Å². The highest BCUT2D eigenvalue weighted by atomic mass is 32.2. The van der Waals surface area contributed by atoms with E-state index in [4.69, 9.17) is 0 Å². The molecule has 3 rings (SSSR count). The quantitative estimate of drug-likeness (QED) is 0.790. The Labute approximate surface area is 154 Å². The van der Waals surface area contributed by atoms with Crippen LogP contribution >= 0.6 is 0 Å². The minimum absolute atomic E-state index is 0.112. The maximum atomic E-state index is 13.3. The standard InChI is InChI=1S/C18H26FN3O3S/c1-14-13-16(19)3-4-17(14)26(24,25)22-7-5-15(6-8-22)18(23)21-11-9-20(2)10-12-21/h3-4,13,15H,5-12H2,1-2H3. The molecule has 0 aromatic heterocycles. The highest BCUT2D eigenvalue weighted by Crippen LogP contribution is 2.27. The smallest absolute Gasteiger partial charge is 0.243 e. The summed E-state index contributed by atoms with van der Waals surface area (Å²) in [5, 5.41) is 0. The Hall–Kier alpha value is -1.51. The zero-order valence-corrected chi connectivity index (χ0v) is 16.1. The molecule has 8 heteroatoms. The molecule has 1 aromatic carbocycles. The van der Waals surface area contributed by atoms with Gasteiger partial charge in [0, 0.05) is 45.2 Å². The molecule has 0 aliphatic carbocycles. The molecular formula is C18H26FN3O3S. The van der Waals surface area contributed by atoms with Gasteiger partial charge < -0.3 is 9.80 Å². The van der Waals surface area contributed by atoms with Crippen molar-refractivity contribution in [2.75, 3.05) is 46.3 Å². The first kappa shape index (κ1) is 19.3. The van der Waals surface area contributed by atoms with Crippen molar-refractivity contribution in [2.24, 2.45) is 5.92 Å². The van der Waals surface area contributed by atoms with E-state index in [9.17, 15) is 17.6 Å². The zero-order chi connectivity index (χ0) is 18.9. The van der Waals surface area contributed by atoms with Gasteiger partial charge in [-0.3, -0.25) is 4.79 Å². The fourth-order valence-corrected chi connectivity index (χ4v) is 5.34. The highest BCUT2D eigenvalue weighted by molar-refractivity contribution is 7.89.